The van der Waals surface area contributed by atoms with Crippen molar-refractivity contribution in [1.82, 2.24) is 4.90 Å². The van der Waals surface area contributed by atoms with Crippen molar-refractivity contribution in [2.45, 2.75) is 25.8 Å². The van der Waals surface area contributed by atoms with Gasteiger partial charge in [0.2, 0.25) is 0 Å². The van der Waals surface area contributed by atoms with Gasteiger partial charge in [0.1, 0.15) is 0 Å². The zero-order chi connectivity index (χ0) is 13.6. The molecule has 1 saturated carbocycles. The Bertz CT molecular complexity index is 517. The molecule has 1 amide bonds. The number of nitrogens with zero attached hydrogens (tertiary/aromatic N) is 1. The molecule has 19 heavy (non-hydrogen) atoms. The highest BCUT2D eigenvalue weighted by Gasteiger charge is 2.42. The second kappa shape index (κ2) is 5.05. The van der Waals surface area contributed by atoms with Crippen LogP contribution in [0.5, 0.6) is 0 Å². The summed E-state index contributed by atoms with van der Waals surface area (Å²) in [5, 5.41) is 0. The van der Waals surface area contributed by atoms with Crippen molar-refractivity contribution in [2.75, 3.05) is 13.1 Å². The van der Waals surface area contributed by atoms with Crippen molar-refractivity contribution < 1.29 is 4.79 Å². The van der Waals surface area contributed by atoms with Crippen LogP contribution in [0.1, 0.15) is 28.8 Å². The molecular weight excluding hydrogens is 351 g/mol. The maximum atomic E-state index is 12.5. The number of rotatable bonds is 1. The van der Waals surface area contributed by atoms with Crippen LogP contribution in [0, 0.1) is 22.3 Å². The monoisotopic (exact) mass is 370 g/mol. The van der Waals surface area contributed by atoms with Crippen molar-refractivity contribution in [3.8, 4) is 0 Å². The van der Waals surface area contributed by atoms with E-state index in [1.165, 1.54) is 12.0 Å². The SMILES string of the molecule is Cc1ccc(C(=O)N2CC3CCC(N)C3C2)cc1I. The first-order valence-electron chi connectivity index (χ1n) is 6.87. The van der Waals surface area contributed by atoms with E-state index in [1.54, 1.807) is 0 Å². The first kappa shape index (κ1) is 13.4. The number of hydrogen-bond donors (Lipinski definition) is 1. The molecule has 1 aromatic rings. The van der Waals surface area contributed by atoms with Gasteiger partial charge >= 0.3 is 0 Å². The lowest BCUT2D eigenvalue weighted by Crippen LogP contribution is -2.33. The summed E-state index contributed by atoms with van der Waals surface area (Å²) in [6.07, 6.45) is 2.31. The summed E-state index contributed by atoms with van der Waals surface area (Å²) in [5.74, 6) is 1.32. The average Bonchev–Trinajstić information content (AvgIpc) is 2.95. The van der Waals surface area contributed by atoms with E-state index in [9.17, 15) is 4.79 Å². The molecule has 2 fully saturated rings. The van der Waals surface area contributed by atoms with Crippen LogP contribution in [-0.4, -0.2) is 29.9 Å². The normalized spacial score (nSPS) is 29.6. The fourth-order valence-electron chi connectivity index (χ4n) is 3.38. The molecule has 0 bridgehead atoms. The zero-order valence-corrected chi connectivity index (χ0v) is 13.3. The fraction of sp³-hybridized carbons (Fsp3) is 0.533. The second-order valence-electron chi connectivity index (χ2n) is 5.84. The molecule has 2 N–H and O–H groups in total. The highest BCUT2D eigenvalue weighted by atomic mass is 127. The highest BCUT2D eigenvalue weighted by molar-refractivity contribution is 14.1. The molecule has 1 heterocycles. The van der Waals surface area contributed by atoms with E-state index < -0.39 is 0 Å². The number of carbonyl (C=O) groups excluding carboxylic acids is 1. The Labute approximate surface area is 127 Å². The van der Waals surface area contributed by atoms with Gasteiger partial charge in [0.25, 0.3) is 5.91 Å². The van der Waals surface area contributed by atoms with Gasteiger partial charge in [0.05, 0.1) is 0 Å². The van der Waals surface area contributed by atoms with Crippen molar-refractivity contribution in [3.05, 3.63) is 32.9 Å². The Morgan fingerprint density at radius 3 is 2.84 bits per heavy atom. The van der Waals surface area contributed by atoms with E-state index in [0.29, 0.717) is 17.9 Å². The van der Waals surface area contributed by atoms with E-state index in [-0.39, 0.29) is 5.91 Å². The van der Waals surface area contributed by atoms with Gasteiger partial charge in [-0.1, -0.05) is 6.07 Å². The number of fused-ring (bicyclic) bond motifs is 1. The minimum Gasteiger partial charge on any atom is -0.338 e. The van der Waals surface area contributed by atoms with Crippen molar-refractivity contribution in [3.63, 3.8) is 0 Å². The number of halogens is 1. The molecule has 1 aliphatic carbocycles. The number of amides is 1. The largest absolute Gasteiger partial charge is 0.338 e. The molecule has 1 aliphatic heterocycles. The lowest BCUT2D eigenvalue weighted by atomic mass is 9.98. The van der Waals surface area contributed by atoms with Crippen LogP contribution in [0.15, 0.2) is 18.2 Å². The van der Waals surface area contributed by atoms with Crippen LogP contribution in [0.2, 0.25) is 0 Å². The van der Waals surface area contributed by atoms with E-state index >= 15 is 0 Å². The summed E-state index contributed by atoms with van der Waals surface area (Å²) in [7, 11) is 0. The number of nitrogens with two attached hydrogens (primary N) is 1. The molecule has 0 spiro atoms. The van der Waals surface area contributed by atoms with Crippen molar-refractivity contribution in [2.24, 2.45) is 17.6 Å². The number of carbonyl (C=O) groups is 1. The first-order chi connectivity index (χ1) is 9.06. The van der Waals surface area contributed by atoms with Gasteiger partial charge in [-0.2, -0.15) is 0 Å². The average molecular weight is 370 g/mol. The molecule has 0 aromatic heterocycles. The summed E-state index contributed by atoms with van der Waals surface area (Å²) >= 11 is 2.29. The summed E-state index contributed by atoms with van der Waals surface area (Å²) in [5.41, 5.74) is 8.15. The van der Waals surface area contributed by atoms with Gasteiger partial charge in [-0.3, -0.25) is 4.79 Å². The molecule has 1 saturated heterocycles. The predicted molar refractivity (Wildman–Crippen MR) is 84.0 cm³/mol. The number of hydrogen-bond acceptors (Lipinski definition) is 2. The van der Waals surface area contributed by atoms with Crippen LogP contribution in [0.4, 0.5) is 0 Å². The van der Waals surface area contributed by atoms with Crippen LogP contribution in [-0.2, 0) is 0 Å². The fourth-order valence-corrected chi connectivity index (χ4v) is 3.90. The van der Waals surface area contributed by atoms with Gasteiger partial charge < -0.3 is 10.6 Å². The summed E-state index contributed by atoms with van der Waals surface area (Å²) in [6, 6.07) is 6.25. The van der Waals surface area contributed by atoms with Gasteiger partial charge in [0, 0.05) is 28.3 Å². The molecule has 3 nitrogen and oxygen atoms in total. The number of benzene rings is 1. The smallest absolute Gasteiger partial charge is 0.253 e. The minimum absolute atomic E-state index is 0.166. The molecule has 3 unspecified atom stereocenters. The van der Waals surface area contributed by atoms with Gasteiger partial charge in [-0.05, 0) is 71.9 Å². The molecule has 3 atom stereocenters. The Morgan fingerprint density at radius 2 is 2.16 bits per heavy atom. The Balaban J connectivity index is 1.76. The molecule has 4 heteroatoms. The first-order valence-corrected chi connectivity index (χ1v) is 7.95. The van der Waals surface area contributed by atoms with Crippen LogP contribution < -0.4 is 5.73 Å². The van der Waals surface area contributed by atoms with Gasteiger partial charge in [0.15, 0.2) is 0 Å². The third kappa shape index (κ3) is 2.40. The topological polar surface area (TPSA) is 46.3 Å². The zero-order valence-electron chi connectivity index (χ0n) is 11.1. The van der Waals surface area contributed by atoms with Crippen LogP contribution in [0.25, 0.3) is 0 Å². The van der Waals surface area contributed by atoms with E-state index in [0.717, 1.165) is 28.6 Å². The third-order valence-electron chi connectivity index (χ3n) is 4.62. The Hall–Kier alpha value is -0.620. The number of aryl methyl sites for hydroxylation is 1. The third-order valence-corrected chi connectivity index (χ3v) is 5.78. The predicted octanol–water partition coefficient (Wildman–Crippen LogP) is 2.41. The number of likely N-dealkylation sites (tertiary alicyclic amines) is 1. The van der Waals surface area contributed by atoms with E-state index in [4.69, 9.17) is 5.73 Å². The minimum atomic E-state index is 0.166. The van der Waals surface area contributed by atoms with Crippen molar-refractivity contribution >= 4 is 28.5 Å². The molecular formula is C15H19IN2O. The molecule has 0 radical (unpaired) electrons. The van der Waals surface area contributed by atoms with Gasteiger partial charge in [-0.25, -0.2) is 0 Å². The van der Waals surface area contributed by atoms with Crippen LogP contribution in [0.3, 0.4) is 0 Å². The summed E-state index contributed by atoms with van der Waals surface area (Å²) in [4.78, 5) is 14.5. The molecule has 3 rings (SSSR count). The highest BCUT2D eigenvalue weighted by Crippen LogP contribution is 2.37. The maximum absolute atomic E-state index is 12.5. The van der Waals surface area contributed by atoms with Crippen molar-refractivity contribution in [1.29, 1.82) is 0 Å². The standard InChI is InChI=1S/C15H19IN2O/c1-9-2-3-10(6-13(9)16)15(19)18-7-11-4-5-14(17)12(11)8-18/h2-3,6,11-12,14H,4-5,7-8,17H2,1H3. The maximum Gasteiger partial charge on any atom is 0.253 e. The van der Waals surface area contributed by atoms with E-state index in [2.05, 4.69) is 29.5 Å². The van der Waals surface area contributed by atoms with E-state index in [1.807, 2.05) is 23.1 Å². The Morgan fingerprint density at radius 1 is 1.37 bits per heavy atom. The summed E-state index contributed by atoms with van der Waals surface area (Å²) < 4.78 is 1.15. The van der Waals surface area contributed by atoms with Crippen LogP contribution >= 0.6 is 22.6 Å². The lowest BCUT2D eigenvalue weighted by Gasteiger charge is -2.19. The quantitative estimate of drug-likeness (QED) is 0.772. The Kier molecular flexibility index (Phi) is 3.55. The molecule has 102 valence electrons. The van der Waals surface area contributed by atoms with Gasteiger partial charge in [-0.15, -0.1) is 0 Å². The second-order valence-corrected chi connectivity index (χ2v) is 7.00. The molecule has 1 aromatic carbocycles. The summed E-state index contributed by atoms with van der Waals surface area (Å²) in [6.45, 7) is 3.80. The molecule has 2 aliphatic rings. The lowest BCUT2D eigenvalue weighted by molar-refractivity contribution is 0.0779.